The summed E-state index contributed by atoms with van der Waals surface area (Å²) in [4.78, 5) is 4.80. The first-order valence-electron chi connectivity index (χ1n) is 6.83. The van der Waals surface area contributed by atoms with Crippen LogP contribution in [0, 0.1) is 13.8 Å². The van der Waals surface area contributed by atoms with Crippen LogP contribution in [0.25, 0.3) is 11.3 Å². The molecule has 4 nitrogen and oxygen atoms in total. The van der Waals surface area contributed by atoms with Gasteiger partial charge in [-0.05, 0) is 33.2 Å². The fourth-order valence-corrected chi connectivity index (χ4v) is 3.67. The van der Waals surface area contributed by atoms with Gasteiger partial charge in [-0.25, -0.2) is 4.98 Å². The van der Waals surface area contributed by atoms with E-state index in [1.807, 2.05) is 11.7 Å². The fourth-order valence-electron chi connectivity index (χ4n) is 2.81. The van der Waals surface area contributed by atoms with Crippen molar-refractivity contribution in [3.8, 4) is 11.3 Å². The Hall–Kier alpha value is -1.20. The summed E-state index contributed by atoms with van der Waals surface area (Å²) in [6.45, 7) is 5.32. The van der Waals surface area contributed by atoms with Crippen molar-refractivity contribution in [3.63, 3.8) is 0 Å². The van der Waals surface area contributed by atoms with Crippen molar-refractivity contribution < 1.29 is 0 Å². The monoisotopic (exact) mass is 276 g/mol. The molecular weight excluding hydrogens is 256 g/mol. The van der Waals surface area contributed by atoms with Gasteiger partial charge in [0.1, 0.15) is 0 Å². The van der Waals surface area contributed by atoms with Gasteiger partial charge in [0, 0.05) is 36.1 Å². The first-order chi connectivity index (χ1) is 9.15. The number of nitrogens with zero attached hydrogens (tertiary/aromatic N) is 3. The molecule has 3 heterocycles. The molecule has 3 rings (SSSR count). The van der Waals surface area contributed by atoms with E-state index in [4.69, 9.17) is 4.98 Å². The van der Waals surface area contributed by atoms with Crippen LogP contribution in [0.2, 0.25) is 0 Å². The Morgan fingerprint density at radius 3 is 2.95 bits per heavy atom. The van der Waals surface area contributed by atoms with Crippen molar-refractivity contribution in [1.82, 2.24) is 20.1 Å². The lowest BCUT2D eigenvalue weighted by Crippen LogP contribution is -2.23. The zero-order valence-electron chi connectivity index (χ0n) is 11.7. The number of hydrogen-bond acceptors (Lipinski definition) is 4. The van der Waals surface area contributed by atoms with Crippen LogP contribution in [0.4, 0.5) is 0 Å². The van der Waals surface area contributed by atoms with Crippen LogP contribution in [0.1, 0.15) is 29.2 Å². The summed E-state index contributed by atoms with van der Waals surface area (Å²) in [6, 6.07) is 0.620. The lowest BCUT2D eigenvalue weighted by atomic mass is 10.1. The fraction of sp³-hybridized carbons (Fsp3) is 0.571. The third-order valence-electron chi connectivity index (χ3n) is 3.90. The van der Waals surface area contributed by atoms with Crippen LogP contribution in [0.3, 0.4) is 0 Å². The summed E-state index contributed by atoms with van der Waals surface area (Å²) in [5, 5.41) is 11.4. The van der Waals surface area contributed by atoms with Crippen molar-refractivity contribution in [3.05, 3.63) is 21.8 Å². The zero-order chi connectivity index (χ0) is 13.4. The molecule has 1 aliphatic heterocycles. The van der Waals surface area contributed by atoms with Crippen molar-refractivity contribution in [1.29, 1.82) is 0 Å². The quantitative estimate of drug-likeness (QED) is 0.936. The molecule has 1 fully saturated rings. The Balaban J connectivity index is 1.84. The molecule has 1 N–H and O–H groups in total. The minimum atomic E-state index is 0.620. The van der Waals surface area contributed by atoms with Gasteiger partial charge in [0.15, 0.2) is 0 Å². The van der Waals surface area contributed by atoms with Gasteiger partial charge >= 0.3 is 0 Å². The molecule has 0 bridgehead atoms. The van der Waals surface area contributed by atoms with Crippen LogP contribution in [0.15, 0.2) is 5.38 Å². The second-order valence-corrected chi connectivity index (χ2v) is 6.24. The van der Waals surface area contributed by atoms with Crippen LogP contribution >= 0.6 is 11.3 Å². The molecule has 1 saturated heterocycles. The molecule has 0 saturated carbocycles. The van der Waals surface area contributed by atoms with Gasteiger partial charge in [0.2, 0.25) is 0 Å². The van der Waals surface area contributed by atoms with Crippen LogP contribution < -0.4 is 5.32 Å². The molecule has 1 unspecified atom stereocenters. The summed E-state index contributed by atoms with van der Waals surface area (Å²) in [6.07, 6.45) is 3.63. The maximum absolute atomic E-state index is 4.80. The summed E-state index contributed by atoms with van der Waals surface area (Å²) in [5.74, 6) is 0. The first-order valence-corrected chi connectivity index (χ1v) is 7.71. The number of thiazole rings is 1. The average Bonchev–Trinajstić information content (AvgIpc) is 3.05. The van der Waals surface area contributed by atoms with Crippen molar-refractivity contribution in [2.75, 3.05) is 6.54 Å². The van der Waals surface area contributed by atoms with Crippen molar-refractivity contribution in [2.24, 2.45) is 7.05 Å². The molecule has 0 radical (unpaired) electrons. The maximum atomic E-state index is 4.80. The molecule has 0 spiro atoms. The lowest BCUT2D eigenvalue weighted by molar-refractivity contribution is 0.601. The number of nitrogens with one attached hydrogen (secondary N) is 1. The van der Waals surface area contributed by atoms with E-state index in [2.05, 4.69) is 29.6 Å². The van der Waals surface area contributed by atoms with E-state index in [1.165, 1.54) is 29.1 Å². The van der Waals surface area contributed by atoms with Gasteiger partial charge in [-0.1, -0.05) is 0 Å². The predicted molar refractivity (Wildman–Crippen MR) is 78.5 cm³/mol. The van der Waals surface area contributed by atoms with Crippen molar-refractivity contribution in [2.45, 2.75) is 39.2 Å². The minimum Gasteiger partial charge on any atom is -0.314 e. The third kappa shape index (κ3) is 2.44. The summed E-state index contributed by atoms with van der Waals surface area (Å²) in [7, 11) is 1.99. The molecule has 2 aromatic heterocycles. The molecule has 2 aromatic rings. The summed E-state index contributed by atoms with van der Waals surface area (Å²) < 4.78 is 1.93. The first kappa shape index (κ1) is 12.8. The highest BCUT2D eigenvalue weighted by Crippen LogP contribution is 2.28. The van der Waals surface area contributed by atoms with Gasteiger partial charge in [-0.3, -0.25) is 4.68 Å². The molecule has 19 heavy (non-hydrogen) atoms. The molecule has 0 aromatic carbocycles. The highest BCUT2D eigenvalue weighted by molar-refractivity contribution is 7.09. The van der Waals surface area contributed by atoms with Gasteiger partial charge in [0.25, 0.3) is 0 Å². The van der Waals surface area contributed by atoms with E-state index in [-0.39, 0.29) is 0 Å². The van der Waals surface area contributed by atoms with E-state index in [9.17, 15) is 0 Å². The molecule has 0 aliphatic carbocycles. The summed E-state index contributed by atoms with van der Waals surface area (Å²) in [5.41, 5.74) is 4.54. The molecule has 1 aliphatic rings. The van der Waals surface area contributed by atoms with E-state index in [1.54, 1.807) is 11.3 Å². The molecular formula is C14H20N4S. The SMILES string of the molecule is Cc1nn(C)c(C)c1-c1csc(CC2CCCN2)n1. The second kappa shape index (κ2) is 5.06. The van der Waals surface area contributed by atoms with Crippen LogP contribution in [-0.4, -0.2) is 27.4 Å². The minimum absolute atomic E-state index is 0.620. The Labute approximate surface area is 117 Å². The second-order valence-electron chi connectivity index (χ2n) is 5.29. The number of aromatic nitrogens is 3. The lowest BCUT2D eigenvalue weighted by Gasteiger charge is -2.06. The standard InChI is InChI=1S/C14H20N4S/c1-9-14(10(2)18(3)17-9)12-8-19-13(16-12)7-11-5-4-6-15-11/h8,11,15H,4-7H2,1-3H3. The Morgan fingerprint density at radius 2 is 2.32 bits per heavy atom. The van der Waals surface area contributed by atoms with Gasteiger partial charge in [-0.15, -0.1) is 11.3 Å². The van der Waals surface area contributed by atoms with Crippen molar-refractivity contribution >= 4 is 11.3 Å². The van der Waals surface area contributed by atoms with Crippen LogP contribution in [-0.2, 0) is 13.5 Å². The maximum Gasteiger partial charge on any atom is 0.0948 e. The smallest absolute Gasteiger partial charge is 0.0948 e. The zero-order valence-corrected chi connectivity index (χ0v) is 12.5. The third-order valence-corrected chi connectivity index (χ3v) is 4.77. The van der Waals surface area contributed by atoms with Crippen LogP contribution in [0.5, 0.6) is 0 Å². The van der Waals surface area contributed by atoms with E-state index < -0.39 is 0 Å². The van der Waals surface area contributed by atoms with E-state index in [0.717, 1.165) is 24.4 Å². The number of aryl methyl sites for hydroxylation is 2. The van der Waals surface area contributed by atoms with Gasteiger partial charge < -0.3 is 5.32 Å². The molecule has 1 atom stereocenters. The highest BCUT2D eigenvalue weighted by atomic mass is 32.1. The van der Waals surface area contributed by atoms with E-state index >= 15 is 0 Å². The van der Waals surface area contributed by atoms with E-state index in [0.29, 0.717) is 6.04 Å². The molecule has 102 valence electrons. The Kier molecular flexibility index (Phi) is 3.41. The van der Waals surface area contributed by atoms with Gasteiger partial charge in [0.05, 0.1) is 16.4 Å². The molecule has 0 amide bonds. The highest BCUT2D eigenvalue weighted by Gasteiger charge is 2.18. The summed E-state index contributed by atoms with van der Waals surface area (Å²) >= 11 is 1.77. The number of rotatable bonds is 3. The molecule has 5 heteroatoms. The Morgan fingerprint density at radius 1 is 1.47 bits per heavy atom. The topological polar surface area (TPSA) is 42.7 Å². The Bertz CT molecular complexity index is 578. The van der Waals surface area contributed by atoms with Gasteiger partial charge in [-0.2, -0.15) is 5.10 Å². The predicted octanol–water partition coefficient (Wildman–Crippen LogP) is 2.45. The normalized spacial score (nSPS) is 19.2. The number of hydrogen-bond donors (Lipinski definition) is 1. The largest absolute Gasteiger partial charge is 0.314 e. The average molecular weight is 276 g/mol.